The number of hydrogen-bond donors (Lipinski definition) is 1. The molecule has 1 atom stereocenters. The number of anilines is 2. The number of carbonyl (C=O) groups is 2. The van der Waals surface area contributed by atoms with Crippen molar-refractivity contribution in [3.05, 3.63) is 52.6 Å². The maximum absolute atomic E-state index is 12.5. The molecule has 2 amide bonds. The number of pyridine rings is 1. The molecular formula is C17H16BrN3O2. The fourth-order valence-electron chi connectivity index (χ4n) is 2.65. The van der Waals surface area contributed by atoms with Gasteiger partial charge in [-0.3, -0.25) is 9.59 Å². The number of halogens is 1. The van der Waals surface area contributed by atoms with E-state index >= 15 is 0 Å². The first kappa shape index (κ1) is 15.7. The Morgan fingerprint density at radius 2 is 2.09 bits per heavy atom. The van der Waals surface area contributed by atoms with Gasteiger partial charge in [0, 0.05) is 22.4 Å². The van der Waals surface area contributed by atoms with Gasteiger partial charge >= 0.3 is 0 Å². The average molecular weight is 374 g/mol. The normalized spacial score (nSPS) is 17.4. The highest BCUT2D eigenvalue weighted by molar-refractivity contribution is 9.10. The first-order chi connectivity index (χ1) is 11.0. The minimum absolute atomic E-state index is 0.173. The molecule has 0 aliphatic carbocycles. The number of aryl methyl sites for hydroxylation is 1. The number of rotatable bonds is 3. The minimum atomic E-state index is -0.670. The van der Waals surface area contributed by atoms with E-state index in [-0.39, 0.29) is 11.8 Å². The van der Waals surface area contributed by atoms with Crippen molar-refractivity contribution in [1.29, 1.82) is 0 Å². The van der Waals surface area contributed by atoms with Crippen LogP contribution >= 0.6 is 15.9 Å². The van der Waals surface area contributed by atoms with E-state index in [9.17, 15) is 9.59 Å². The maximum atomic E-state index is 12.5. The molecule has 2 heterocycles. The maximum Gasteiger partial charge on any atom is 0.239 e. The number of amides is 2. The van der Waals surface area contributed by atoms with Crippen LogP contribution in [0.25, 0.3) is 0 Å². The van der Waals surface area contributed by atoms with Crippen LogP contribution in [0.15, 0.2) is 46.9 Å². The lowest BCUT2D eigenvalue weighted by Gasteiger charge is -2.17. The molecule has 1 saturated heterocycles. The molecule has 1 aromatic heterocycles. The summed E-state index contributed by atoms with van der Waals surface area (Å²) in [5.41, 5.74) is 1.62. The summed E-state index contributed by atoms with van der Waals surface area (Å²) in [6.07, 6.45) is 0.503. The lowest BCUT2D eigenvalue weighted by Crippen LogP contribution is -2.33. The first-order valence-corrected chi connectivity index (χ1v) is 8.15. The largest absolute Gasteiger partial charge is 0.312 e. The van der Waals surface area contributed by atoms with Gasteiger partial charge in [-0.05, 0) is 43.7 Å². The molecule has 23 heavy (non-hydrogen) atoms. The van der Waals surface area contributed by atoms with Crippen LogP contribution < -0.4 is 10.2 Å². The second kappa shape index (κ2) is 6.50. The lowest BCUT2D eigenvalue weighted by molar-refractivity contribution is -0.129. The van der Waals surface area contributed by atoms with Crippen molar-refractivity contribution in [1.82, 2.24) is 4.98 Å². The van der Waals surface area contributed by atoms with Gasteiger partial charge in [0.05, 0.1) is 0 Å². The van der Waals surface area contributed by atoms with E-state index in [1.807, 2.05) is 43.3 Å². The number of nitrogens with zero attached hydrogens (tertiary/aromatic N) is 2. The van der Waals surface area contributed by atoms with Crippen molar-refractivity contribution in [2.75, 3.05) is 16.8 Å². The van der Waals surface area contributed by atoms with E-state index in [1.54, 1.807) is 11.0 Å². The Morgan fingerprint density at radius 1 is 1.30 bits per heavy atom. The zero-order valence-corrected chi connectivity index (χ0v) is 14.2. The van der Waals surface area contributed by atoms with Crippen molar-refractivity contribution < 1.29 is 9.59 Å². The molecule has 1 unspecified atom stereocenters. The standard InChI is InChI=1S/C17H16BrN3O2/c1-11-4-2-7-15(19-11)20-16(22)14-8-9-21(17(14)23)13-6-3-5-12(18)10-13/h2-7,10,14H,8-9H2,1H3,(H,19,20,22). The third-order valence-corrected chi connectivity index (χ3v) is 4.27. The molecule has 118 valence electrons. The summed E-state index contributed by atoms with van der Waals surface area (Å²) in [5.74, 6) is -0.668. The van der Waals surface area contributed by atoms with Crippen LogP contribution in [0.5, 0.6) is 0 Å². The minimum Gasteiger partial charge on any atom is -0.312 e. The van der Waals surface area contributed by atoms with Gasteiger partial charge in [0.15, 0.2) is 0 Å². The van der Waals surface area contributed by atoms with Crippen LogP contribution in [0.4, 0.5) is 11.5 Å². The quantitative estimate of drug-likeness (QED) is 0.840. The molecule has 0 spiro atoms. The Balaban J connectivity index is 1.72. The molecule has 0 saturated carbocycles. The molecule has 0 bridgehead atoms. The van der Waals surface area contributed by atoms with Crippen LogP contribution in [-0.4, -0.2) is 23.3 Å². The highest BCUT2D eigenvalue weighted by atomic mass is 79.9. The van der Waals surface area contributed by atoms with Crippen LogP contribution in [0.1, 0.15) is 12.1 Å². The number of carbonyl (C=O) groups excluding carboxylic acids is 2. The zero-order chi connectivity index (χ0) is 16.4. The van der Waals surface area contributed by atoms with E-state index in [0.717, 1.165) is 15.9 Å². The van der Waals surface area contributed by atoms with Crippen molar-refractivity contribution in [3.8, 4) is 0 Å². The van der Waals surface area contributed by atoms with Gasteiger partial charge in [-0.1, -0.05) is 28.1 Å². The van der Waals surface area contributed by atoms with Crippen molar-refractivity contribution >= 4 is 39.2 Å². The van der Waals surface area contributed by atoms with Crippen molar-refractivity contribution in [2.45, 2.75) is 13.3 Å². The molecule has 5 nitrogen and oxygen atoms in total. The molecular weight excluding hydrogens is 358 g/mol. The van der Waals surface area contributed by atoms with Gasteiger partial charge < -0.3 is 10.2 Å². The Labute approximate surface area is 142 Å². The molecule has 1 aliphatic rings. The Kier molecular flexibility index (Phi) is 4.43. The molecule has 6 heteroatoms. The monoisotopic (exact) mass is 373 g/mol. The molecule has 1 fully saturated rings. The predicted molar refractivity (Wildman–Crippen MR) is 92.2 cm³/mol. The highest BCUT2D eigenvalue weighted by Crippen LogP contribution is 2.28. The second-order valence-corrected chi connectivity index (χ2v) is 6.38. The number of hydrogen-bond acceptors (Lipinski definition) is 3. The molecule has 1 aliphatic heterocycles. The first-order valence-electron chi connectivity index (χ1n) is 7.36. The molecule has 3 rings (SSSR count). The van der Waals surface area contributed by atoms with Gasteiger partial charge in [0.1, 0.15) is 11.7 Å². The Morgan fingerprint density at radius 3 is 2.83 bits per heavy atom. The molecule has 0 radical (unpaired) electrons. The summed E-state index contributed by atoms with van der Waals surface area (Å²) < 4.78 is 0.902. The third kappa shape index (κ3) is 3.42. The van der Waals surface area contributed by atoms with Crippen LogP contribution in [0, 0.1) is 12.8 Å². The highest BCUT2D eigenvalue weighted by Gasteiger charge is 2.37. The van der Waals surface area contributed by atoms with Gasteiger partial charge in [0.25, 0.3) is 0 Å². The summed E-state index contributed by atoms with van der Waals surface area (Å²) >= 11 is 3.40. The van der Waals surface area contributed by atoms with E-state index in [1.165, 1.54) is 0 Å². The van der Waals surface area contributed by atoms with Gasteiger partial charge in [-0.2, -0.15) is 0 Å². The Bertz CT molecular complexity index is 763. The van der Waals surface area contributed by atoms with Gasteiger partial charge in [0.2, 0.25) is 11.8 Å². The summed E-state index contributed by atoms with van der Waals surface area (Å²) in [6, 6.07) is 12.9. The van der Waals surface area contributed by atoms with Crippen molar-refractivity contribution in [3.63, 3.8) is 0 Å². The summed E-state index contributed by atoms with van der Waals surface area (Å²) in [5, 5.41) is 2.73. The molecule has 1 aromatic carbocycles. The predicted octanol–water partition coefficient (Wildman–Crippen LogP) is 3.14. The third-order valence-electron chi connectivity index (χ3n) is 3.78. The SMILES string of the molecule is Cc1cccc(NC(=O)C2CCN(c3cccc(Br)c3)C2=O)n1. The van der Waals surface area contributed by atoms with Crippen LogP contribution in [-0.2, 0) is 9.59 Å². The second-order valence-electron chi connectivity index (χ2n) is 5.46. The van der Waals surface area contributed by atoms with Gasteiger partial charge in [-0.15, -0.1) is 0 Å². The molecule has 2 aromatic rings. The lowest BCUT2D eigenvalue weighted by atomic mass is 10.1. The van der Waals surface area contributed by atoms with Crippen LogP contribution in [0.3, 0.4) is 0 Å². The number of aromatic nitrogens is 1. The van der Waals surface area contributed by atoms with Crippen molar-refractivity contribution in [2.24, 2.45) is 5.92 Å². The fraction of sp³-hybridized carbons (Fsp3) is 0.235. The van der Waals surface area contributed by atoms with Crippen LogP contribution in [0.2, 0.25) is 0 Å². The summed E-state index contributed by atoms with van der Waals surface area (Å²) in [4.78, 5) is 30.8. The van der Waals surface area contributed by atoms with Gasteiger partial charge in [-0.25, -0.2) is 4.98 Å². The van der Waals surface area contributed by atoms with E-state index in [0.29, 0.717) is 18.8 Å². The summed E-state index contributed by atoms with van der Waals surface area (Å²) in [6.45, 7) is 2.39. The summed E-state index contributed by atoms with van der Waals surface area (Å²) in [7, 11) is 0. The van der Waals surface area contributed by atoms with E-state index in [4.69, 9.17) is 0 Å². The fourth-order valence-corrected chi connectivity index (χ4v) is 3.04. The average Bonchev–Trinajstić information content (AvgIpc) is 2.89. The van der Waals surface area contributed by atoms with E-state index < -0.39 is 5.92 Å². The zero-order valence-electron chi connectivity index (χ0n) is 12.6. The molecule has 1 N–H and O–H groups in total. The Hall–Kier alpha value is -2.21. The van der Waals surface area contributed by atoms with E-state index in [2.05, 4.69) is 26.2 Å². The number of benzene rings is 1. The smallest absolute Gasteiger partial charge is 0.239 e. The topological polar surface area (TPSA) is 62.3 Å². The number of nitrogens with one attached hydrogen (secondary N) is 1.